The van der Waals surface area contributed by atoms with Crippen LogP contribution in [-0.2, 0) is 0 Å². The van der Waals surface area contributed by atoms with Gasteiger partial charge in [-0.3, -0.25) is 4.79 Å². The van der Waals surface area contributed by atoms with Crippen LogP contribution in [0.25, 0.3) is 0 Å². The molecule has 0 aliphatic heterocycles. The topological polar surface area (TPSA) is 38.8 Å². The molecule has 0 aromatic heterocycles. The third-order valence-corrected chi connectivity index (χ3v) is 3.37. The molecule has 4 nitrogen and oxygen atoms in total. The van der Waals surface area contributed by atoms with Crippen molar-refractivity contribution in [1.29, 1.82) is 0 Å². The van der Waals surface area contributed by atoms with Crippen molar-refractivity contribution >= 4 is 5.91 Å². The zero-order chi connectivity index (χ0) is 14.5. The molecular weight excluding hydrogens is 254 g/mol. The van der Waals surface area contributed by atoms with Crippen molar-refractivity contribution in [3.05, 3.63) is 23.8 Å². The van der Waals surface area contributed by atoms with Gasteiger partial charge in [0.05, 0.1) is 13.2 Å². The van der Waals surface area contributed by atoms with Gasteiger partial charge in [0.15, 0.2) is 11.5 Å². The van der Waals surface area contributed by atoms with Crippen LogP contribution < -0.4 is 9.47 Å². The molecule has 0 heterocycles. The van der Waals surface area contributed by atoms with Crippen LogP contribution in [0.3, 0.4) is 0 Å². The standard InChI is InChI=1S/C16H23NO3/c1-4-19-14-9-8-13(10-15(14)20-5-2)16(18)17(3)11-12-6-7-12/h8-10,12H,4-7,11H2,1-3H3. The molecule has 0 N–H and O–H groups in total. The van der Waals surface area contributed by atoms with Crippen molar-refractivity contribution < 1.29 is 14.3 Å². The third kappa shape index (κ3) is 3.65. The van der Waals surface area contributed by atoms with E-state index in [4.69, 9.17) is 9.47 Å². The number of carbonyl (C=O) groups is 1. The van der Waals surface area contributed by atoms with Gasteiger partial charge in [-0.1, -0.05) is 0 Å². The molecule has 2 rings (SSSR count). The third-order valence-electron chi connectivity index (χ3n) is 3.37. The number of carbonyl (C=O) groups excluding carboxylic acids is 1. The van der Waals surface area contributed by atoms with Crippen molar-refractivity contribution in [2.24, 2.45) is 5.92 Å². The summed E-state index contributed by atoms with van der Waals surface area (Å²) in [7, 11) is 1.86. The Morgan fingerprint density at radius 3 is 2.45 bits per heavy atom. The molecule has 0 saturated heterocycles. The van der Waals surface area contributed by atoms with E-state index >= 15 is 0 Å². The number of amides is 1. The molecule has 1 aromatic carbocycles. The molecule has 1 aliphatic carbocycles. The smallest absolute Gasteiger partial charge is 0.253 e. The largest absolute Gasteiger partial charge is 0.490 e. The van der Waals surface area contributed by atoms with Crippen molar-refractivity contribution in [3.63, 3.8) is 0 Å². The van der Waals surface area contributed by atoms with Crippen LogP contribution in [0.2, 0.25) is 0 Å². The van der Waals surface area contributed by atoms with Crippen LogP contribution >= 0.6 is 0 Å². The summed E-state index contributed by atoms with van der Waals surface area (Å²) in [4.78, 5) is 14.2. The van der Waals surface area contributed by atoms with Gasteiger partial charge in [-0.25, -0.2) is 0 Å². The van der Waals surface area contributed by atoms with E-state index in [1.54, 1.807) is 17.0 Å². The number of benzene rings is 1. The molecule has 1 aromatic rings. The van der Waals surface area contributed by atoms with Crippen LogP contribution in [-0.4, -0.2) is 37.6 Å². The lowest BCUT2D eigenvalue weighted by molar-refractivity contribution is 0.0788. The van der Waals surface area contributed by atoms with Gasteiger partial charge in [0, 0.05) is 19.2 Å². The molecular formula is C16H23NO3. The van der Waals surface area contributed by atoms with E-state index in [2.05, 4.69) is 0 Å². The maximum absolute atomic E-state index is 12.4. The normalized spacial score (nSPS) is 13.9. The highest BCUT2D eigenvalue weighted by Gasteiger charge is 2.25. The predicted molar refractivity (Wildman–Crippen MR) is 78.5 cm³/mol. The van der Waals surface area contributed by atoms with E-state index in [1.165, 1.54) is 12.8 Å². The highest BCUT2D eigenvalue weighted by Crippen LogP contribution is 2.31. The molecule has 0 spiro atoms. The molecule has 20 heavy (non-hydrogen) atoms. The highest BCUT2D eigenvalue weighted by atomic mass is 16.5. The van der Waals surface area contributed by atoms with Gasteiger partial charge in [-0.05, 0) is 50.8 Å². The minimum absolute atomic E-state index is 0.0425. The summed E-state index contributed by atoms with van der Waals surface area (Å²) in [5.74, 6) is 2.06. The van der Waals surface area contributed by atoms with E-state index in [1.807, 2.05) is 27.0 Å². The first kappa shape index (κ1) is 14.7. The number of hydrogen-bond acceptors (Lipinski definition) is 3. The molecule has 110 valence electrons. The van der Waals surface area contributed by atoms with Gasteiger partial charge in [0.1, 0.15) is 0 Å². The number of hydrogen-bond donors (Lipinski definition) is 0. The van der Waals surface area contributed by atoms with Gasteiger partial charge in [0.2, 0.25) is 0 Å². The molecule has 1 amide bonds. The summed E-state index contributed by atoms with van der Waals surface area (Å²) in [5.41, 5.74) is 0.653. The zero-order valence-electron chi connectivity index (χ0n) is 12.5. The lowest BCUT2D eigenvalue weighted by Crippen LogP contribution is -2.28. The Morgan fingerprint density at radius 1 is 1.20 bits per heavy atom. The maximum Gasteiger partial charge on any atom is 0.253 e. The second-order valence-electron chi connectivity index (χ2n) is 5.16. The Bertz CT molecular complexity index is 469. The van der Waals surface area contributed by atoms with Crippen LogP contribution in [0.1, 0.15) is 37.0 Å². The van der Waals surface area contributed by atoms with Crippen LogP contribution in [0.4, 0.5) is 0 Å². The molecule has 1 saturated carbocycles. The van der Waals surface area contributed by atoms with E-state index in [-0.39, 0.29) is 5.91 Å². The molecule has 0 radical (unpaired) electrons. The van der Waals surface area contributed by atoms with Gasteiger partial charge in [-0.15, -0.1) is 0 Å². The average molecular weight is 277 g/mol. The lowest BCUT2D eigenvalue weighted by atomic mass is 10.1. The summed E-state index contributed by atoms with van der Waals surface area (Å²) in [6, 6.07) is 5.40. The van der Waals surface area contributed by atoms with Gasteiger partial charge in [-0.2, -0.15) is 0 Å². The SMILES string of the molecule is CCOc1ccc(C(=O)N(C)CC2CC2)cc1OCC. The zero-order valence-corrected chi connectivity index (χ0v) is 12.5. The van der Waals surface area contributed by atoms with Crippen LogP contribution in [0.5, 0.6) is 11.5 Å². The summed E-state index contributed by atoms with van der Waals surface area (Å²) in [5, 5.41) is 0. The number of ether oxygens (including phenoxy) is 2. The fraction of sp³-hybridized carbons (Fsp3) is 0.562. The predicted octanol–water partition coefficient (Wildman–Crippen LogP) is 2.97. The van der Waals surface area contributed by atoms with Gasteiger partial charge < -0.3 is 14.4 Å². The summed E-state index contributed by atoms with van der Waals surface area (Å²) in [6.45, 7) is 5.82. The first-order chi connectivity index (χ1) is 9.65. The van der Waals surface area contributed by atoms with E-state index in [9.17, 15) is 4.79 Å². The molecule has 0 unspecified atom stereocenters. The molecule has 1 fully saturated rings. The molecule has 1 aliphatic rings. The Morgan fingerprint density at radius 2 is 1.85 bits per heavy atom. The van der Waals surface area contributed by atoms with Crippen molar-refractivity contribution in [2.45, 2.75) is 26.7 Å². The Labute approximate surface area is 120 Å². The fourth-order valence-corrected chi connectivity index (χ4v) is 2.18. The van der Waals surface area contributed by atoms with E-state index in [0.29, 0.717) is 36.2 Å². The van der Waals surface area contributed by atoms with Crippen molar-refractivity contribution in [2.75, 3.05) is 26.8 Å². The molecule has 0 atom stereocenters. The van der Waals surface area contributed by atoms with Gasteiger partial charge >= 0.3 is 0 Å². The summed E-state index contributed by atoms with van der Waals surface area (Å²) < 4.78 is 11.1. The molecule has 0 bridgehead atoms. The number of rotatable bonds is 7. The second kappa shape index (κ2) is 6.64. The fourth-order valence-electron chi connectivity index (χ4n) is 2.18. The van der Waals surface area contributed by atoms with Crippen LogP contribution in [0, 0.1) is 5.92 Å². The van der Waals surface area contributed by atoms with Crippen molar-refractivity contribution in [1.82, 2.24) is 4.90 Å². The minimum atomic E-state index is 0.0425. The van der Waals surface area contributed by atoms with Gasteiger partial charge in [0.25, 0.3) is 5.91 Å². The average Bonchev–Trinajstić information content (AvgIpc) is 3.24. The Balaban J connectivity index is 2.13. The highest BCUT2D eigenvalue weighted by molar-refractivity contribution is 5.94. The second-order valence-corrected chi connectivity index (χ2v) is 5.16. The minimum Gasteiger partial charge on any atom is -0.490 e. The van der Waals surface area contributed by atoms with Crippen LogP contribution in [0.15, 0.2) is 18.2 Å². The quantitative estimate of drug-likeness (QED) is 0.769. The summed E-state index contributed by atoms with van der Waals surface area (Å²) >= 11 is 0. The monoisotopic (exact) mass is 277 g/mol. The Hall–Kier alpha value is -1.71. The maximum atomic E-state index is 12.4. The van der Waals surface area contributed by atoms with E-state index in [0.717, 1.165) is 6.54 Å². The van der Waals surface area contributed by atoms with E-state index < -0.39 is 0 Å². The Kier molecular flexibility index (Phi) is 4.88. The summed E-state index contributed by atoms with van der Waals surface area (Å²) in [6.07, 6.45) is 2.48. The lowest BCUT2D eigenvalue weighted by Gasteiger charge is -2.18. The molecule has 4 heteroatoms. The first-order valence-corrected chi connectivity index (χ1v) is 7.30. The number of nitrogens with zero attached hydrogens (tertiary/aromatic N) is 1. The van der Waals surface area contributed by atoms with Crippen molar-refractivity contribution in [3.8, 4) is 11.5 Å². The first-order valence-electron chi connectivity index (χ1n) is 7.30.